The highest BCUT2D eigenvalue weighted by atomic mass is 79.9. The molecule has 0 unspecified atom stereocenters. The number of amides is 2. The summed E-state index contributed by atoms with van der Waals surface area (Å²) in [6.07, 6.45) is 7.77. The molecule has 1 aromatic rings. The van der Waals surface area contributed by atoms with Gasteiger partial charge in [-0.1, -0.05) is 54.1 Å². The highest BCUT2D eigenvalue weighted by Crippen LogP contribution is 2.80. The standard InChI is InChI=1S/C22H27BrN2O2/c1-13(2)9-10-21(18(24)26)16-7-8-17(20(16)11-12-20)22(21,19(25)27)14-3-5-15(23)6-4-14/h3-8,13,16-17H,9-12H2,1-2H3,(H2,24,26)(H2,25,27)/t16-,17+,21+,22-/m1/s1. The molecule has 2 bridgehead atoms. The minimum Gasteiger partial charge on any atom is -0.369 e. The predicted octanol–water partition coefficient (Wildman–Crippen LogP) is 3.68. The number of hydrogen-bond donors (Lipinski definition) is 2. The summed E-state index contributed by atoms with van der Waals surface area (Å²) in [5.41, 5.74) is 11.1. The molecule has 0 aromatic heterocycles. The Morgan fingerprint density at radius 3 is 2.15 bits per heavy atom. The fraction of sp³-hybridized carbons (Fsp3) is 0.545. The van der Waals surface area contributed by atoms with Gasteiger partial charge in [0.05, 0.1) is 10.8 Å². The maximum atomic E-state index is 13.2. The molecule has 1 aromatic carbocycles. The summed E-state index contributed by atoms with van der Waals surface area (Å²) in [6.45, 7) is 4.27. The van der Waals surface area contributed by atoms with Crippen LogP contribution in [0.1, 0.15) is 45.1 Å². The number of hydrogen-bond acceptors (Lipinski definition) is 2. The number of allylic oxidation sites excluding steroid dienone is 2. The second-order valence-corrected chi connectivity index (χ2v) is 9.94. The molecule has 0 radical (unpaired) electrons. The number of rotatable bonds is 6. The van der Waals surface area contributed by atoms with Gasteiger partial charge < -0.3 is 11.5 Å². The van der Waals surface area contributed by atoms with Crippen molar-refractivity contribution in [1.82, 2.24) is 0 Å². The van der Waals surface area contributed by atoms with Gasteiger partial charge in [0.25, 0.3) is 0 Å². The van der Waals surface area contributed by atoms with Crippen LogP contribution in [0.3, 0.4) is 0 Å². The Morgan fingerprint density at radius 2 is 1.67 bits per heavy atom. The SMILES string of the molecule is CC(C)CC[C@@]1(C(N)=O)[C@@H]2C=C[C@@H](C23CC3)[C@@]1(C(N)=O)c1ccc(Br)cc1. The van der Waals surface area contributed by atoms with Crippen LogP contribution in [0.15, 0.2) is 40.9 Å². The van der Waals surface area contributed by atoms with Crippen LogP contribution in [0.25, 0.3) is 0 Å². The third-order valence-electron chi connectivity index (χ3n) is 7.51. The van der Waals surface area contributed by atoms with E-state index < -0.39 is 16.7 Å². The van der Waals surface area contributed by atoms with E-state index in [0.29, 0.717) is 12.3 Å². The van der Waals surface area contributed by atoms with E-state index in [9.17, 15) is 9.59 Å². The first-order chi connectivity index (χ1) is 12.7. The molecule has 2 fully saturated rings. The molecule has 144 valence electrons. The molecule has 3 aliphatic carbocycles. The summed E-state index contributed by atoms with van der Waals surface area (Å²) in [5.74, 6) is -0.464. The lowest BCUT2D eigenvalue weighted by atomic mass is 9.52. The van der Waals surface area contributed by atoms with Crippen LogP contribution in [-0.4, -0.2) is 11.8 Å². The molecular formula is C22H27BrN2O2. The molecule has 4 rings (SSSR count). The minimum atomic E-state index is -1.08. The lowest BCUT2D eigenvalue weighted by Crippen LogP contribution is -2.62. The van der Waals surface area contributed by atoms with Gasteiger partial charge in [-0.25, -0.2) is 0 Å². The topological polar surface area (TPSA) is 86.2 Å². The van der Waals surface area contributed by atoms with Crippen molar-refractivity contribution in [3.8, 4) is 0 Å². The molecular weight excluding hydrogens is 404 g/mol. The molecule has 1 spiro atoms. The van der Waals surface area contributed by atoms with E-state index in [1.165, 1.54) is 0 Å². The third kappa shape index (κ3) is 2.15. The monoisotopic (exact) mass is 430 g/mol. The van der Waals surface area contributed by atoms with Gasteiger partial charge in [-0.2, -0.15) is 0 Å². The number of carbonyl (C=O) groups is 2. The lowest BCUT2D eigenvalue weighted by Gasteiger charge is -2.48. The second-order valence-electron chi connectivity index (χ2n) is 9.02. The average molecular weight is 431 g/mol. The van der Waals surface area contributed by atoms with Crippen molar-refractivity contribution in [3.63, 3.8) is 0 Å². The van der Waals surface area contributed by atoms with Crippen LogP contribution in [0.4, 0.5) is 0 Å². The first kappa shape index (κ1) is 18.7. The molecule has 0 heterocycles. The summed E-state index contributed by atoms with van der Waals surface area (Å²) in [6, 6.07) is 7.71. The van der Waals surface area contributed by atoms with E-state index in [1.807, 2.05) is 24.3 Å². The molecule has 27 heavy (non-hydrogen) atoms. The molecule has 4 N–H and O–H groups in total. The van der Waals surface area contributed by atoms with Crippen molar-refractivity contribution in [2.24, 2.45) is 40.1 Å². The summed E-state index contributed by atoms with van der Waals surface area (Å²) in [5, 5.41) is 0. The van der Waals surface area contributed by atoms with E-state index in [-0.39, 0.29) is 23.2 Å². The molecule has 2 saturated carbocycles. The van der Waals surface area contributed by atoms with Gasteiger partial charge in [0.15, 0.2) is 0 Å². The molecule has 4 atom stereocenters. The summed E-state index contributed by atoms with van der Waals surface area (Å²) >= 11 is 3.47. The van der Waals surface area contributed by atoms with E-state index in [1.54, 1.807) is 0 Å². The Bertz CT molecular complexity index is 827. The molecule has 4 nitrogen and oxygen atoms in total. The van der Waals surface area contributed by atoms with Gasteiger partial charge in [-0.15, -0.1) is 0 Å². The lowest BCUT2D eigenvalue weighted by molar-refractivity contribution is -0.144. The molecule has 0 aliphatic heterocycles. The number of halogens is 1. The summed E-state index contributed by atoms with van der Waals surface area (Å²) in [4.78, 5) is 26.4. The van der Waals surface area contributed by atoms with Gasteiger partial charge in [0.1, 0.15) is 0 Å². The number of primary amides is 2. The third-order valence-corrected chi connectivity index (χ3v) is 8.04. The van der Waals surface area contributed by atoms with Crippen molar-refractivity contribution < 1.29 is 9.59 Å². The summed E-state index contributed by atoms with van der Waals surface area (Å²) in [7, 11) is 0. The normalized spacial score (nSPS) is 35.1. The second kappa shape index (κ2) is 5.94. The fourth-order valence-corrected chi connectivity index (χ4v) is 6.59. The van der Waals surface area contributed by atoms with Crippen molar-refractivity contribution in [3.05, 3.63) is 46.5 Å². The van der Waals surface area contributed by atoms with Crippen LogP contribution < -0.4 is 11.5 Å². The van der Waals surface area contributed by atoms with Gasteiger partial charge >= 0.3 is 0 Å². The van der Waals surface area contributed by atoms with Crippen LogP contribution in [0.5, 0.6) is 0 Å². The van der Waals surface area contributed by atoms with Gasteiger partial charge in [0.2, 0.25) is 11.8 Å². The van der Waals surface area contributed by atoms with Crippen LogP contribution in [-0.2, 0) is 15.0 Å². The maximum Gasteiger partial charge on any atom is 0.229 e. The average Bonchev–Trinajstić information content (AvgIpc) is 3.27. The van der Waals surface area contributed by atoms with E-state index in [2.05, 4.69) is 41.9 Å². The van der Waals surface area contributed by atoms with E-state index in [0.717, 1.165) is 29.3 Å². The number of nitrogens with two attached hydrogens (primary N) is 2. The van der Waals surface area contributed by atoms with E-state index >= 15 is 0 Å². The highest BCUT2D eigenvalue weighted by Gasteiger charge is 2.82. The highest BCUT2D eigenvalue weighted by molar-refractivity contribution is 9.10. The molecule has 2 amide bonds. The van der Waals surface area contributed by atoms with Crippen molar-refractivity contribution in [2.45, 2.75) is 44.9 Å². The van der Waals surface area contributed by atoms with Crippen molar-refractivity contribution in [1.29, 1.82) is 0 Å². The zero-order valence-corrected chi connectivity index (χ0v) is 17.5. The Labute approximate surface area is 168 Å². The first-order valence-electron chi connectivity index (χ1n) is 9.77. The van der Waals surface area contributed by atoms with Crippen molar-refractivity contribution >= 4 is 27.7 Å². The predicted molar refractivity (Wildman–Crippen MR) is 109 cm³/mol. The largest absolute Gasteiger partial charge is 0.369 e. The van der Waals surface area contributed by atoms with E-state index in [4.69, 9.17) is 11.5 Å². The smallest absolute Gasteiger partial charge is 0.229 e. The van der Waals surface area contributed by atoms with Gasteiger partial charge in [-0.3, -0.25) is 9.59 Å². The fourth-order valence-electron chi connectivity index (χ4n) is 6.32. The summed E-state index contributed by atoms with van der Waals surface area (Å²) < 4.78 is 0.928. The maximum absolute atomic E-state index is 13.2. The number of carbonyl (C=O) groups excluding carboxylic acids is 2. The quantitative estimate of drug-likeness (QED) is 0.674. The van der Waals surface area contributed by atoms with Crippen LogP contribution in [0.2, 0.25) is 0 Å². The van der Waals surface area contributed by atoms with Crippen LogP contribution >= 0.6 is 15.9 Å². The zero-order valence-electron chi connectivity index (χ0n) is 15.9. The van der Waals surface area contributed by atoms with Crippen molar-refractivity contribution in [2.75, 3.05) is 0 Å². The molecule has 5 heteroatoms. The Balaban J connectivity index is 2.01. The zero-order chi connectivity index (χ0) is 19.6. The van der Waals surface area contributed by atoms with Gasteiger partial charge in [-0.05, 0) is 60.6 Å². The Kier molecular flexibility index (Phi) is 4.12. The Morgan fingerprint density at radius 1 is 1.07 bits per heavy atom. The Hall–Kier alpha value is -1.62. The van der Waals surface area contributed by atoms with Gasteiger partial charge in [0, 0.05) is 10.4 Å². The van der Waals surface area contributed by atoms with Crippen LogP contribution in [0, 0.1) is 28.6 Å². The molecule has 0 saturated heterocycles. The minimum absolute atomic E-state index is 0.0117. The molecule has 3 aliphatic rings. The first-order valence-corrected chi connectivity index (χ1v) is 10.6. The number of benzene rings is 1.